The normalized spacial score (nSPS) is 12.0. The fourth-order valence-electron chi connectivity index (χ4n) is 3.03. The number of nitrogens with one attached hydrogen (secondary N) is 3. The number of hydrogen-bond acceptors (Lipinski definition) is 4. The fraction of sp³-hybridized carbons (Fsp3) is 0.182. The zero-order chi connectivity index (χ0) is 23.3. The van der Waals surface area contributed by atoms with Crippen molar-refractivity contribution < 1.29 is 14.3 Å². The first kappa shape index (κ1) is 24.2. The number of methoxy groups -OCH3 is 2. The molecule has 1 unspecified atom stereocenters. The number of rotatable bonds is 6. The maximum Gasteiger partial charge on any atom is 0.253 e. The van der Waals surface area contributed by atoms with Gasteiger partial charge in [-0.05, 0) is 41.2 Å². The summed E-state index contributed by atoms with van der Waals surface area (Å²) in [6.07, 6.45) is -1.13. The molecular formula is C22H20Cl3N3O3S. The van der Waals surface area contributed by atoms with Gasteiger partial charge in [-0.3, -0.25) is 4.79 Å². The predicted molar refractivity (Wildman–Crippen MR) is 134 cm³/mol. The summed E-state index contributed by atoms with van der Waals surface area (Å²) in [4.78, 5) is 13.0. The third-order valence-electron chi connectivity index (χ3n) is 4.57. The molecule has 168 valence electrons. The lowest BCUT2D eigenvalue weighted by molar-refractivity contribution is 0.0936. The van der Waals surface area contributed by atoms with E-state index in [1.165, 1.54) is 7.11 Å². The number of benzene rings is 3. The van der Waals surface area contributed by atoms with E-state index in [1.54, 1.807) is 37.4 Å². The number of carbonyl (C=O) groups is 1. The smallest absolute Gasteiger partial charge is 0.253 e. The Morgan fingerprint density at radius 1 is 0.969 bits per heavy atom. The number of fused-ring (bicyclic) bond motifs is 1. The molecule has 0 radical (unpaired) electrons. The van der Waals surface area contributed by atoms with Crippen molar-refractivity contribution in [3.05, 3.63) is 66.2 Å². The van der Waals surface area contributed by atoms with E-state index >= 15 is 0 Å². The van der Waals surface area contributed by atoms with Crippen LogP contribution in [0.1, 0.15) is 10.4 Å². The van der Waals surface area contributed by atoms with Crippen LogP contribution in [0.4, 0.5) is 5.69 Å². The lowest BCUT2D eigenvalue weighted by Gasteiger charge is -2.28. The van der Waals surface area contributed by atoms with E-state index in [9.17, 15) is 4.79 Å². The second kappa shape index (κ2) is 10.4. The van der Waals surface area contributed by atoms with Gasteiger partial charge in [-0.25, -0.2) is 0 Å². The van der Waals surface area contributed by atoms with E-state index in [0.717, 1.165) is 10.8 Å². The molecule has 0 saturated heterocycles. The predicted octanol–water partition coefficient (Wildman–Crippen LogP) is 5.27. The first-order chi connectivity index (χ1) is 15.2. The van der Waals surface area contributed by atoms with Gasteiger partial charge in [0.25, 0.3) is 5.91 Å². The molecule has 0 aliphatic heterocycles. The highest BCUT2D eigenvalue weighted by Gasteiger charge is 2.35. The number of ether oxygens (including phenoxy) is 2. The molecule has 0 bridgehead atoms. The molecule has 3 aromatic rings. The number of amides is 1. The van der Waals surface area contributed by atoms with Crippen molar-refractivity contribution in [1.29, 1.82) is 0 Å². The van der Waals surface area contributed by atoms with Crippen LogP contribution in [0.15, 0.2) is 60.7 Å². The van der Waals surface area contributed by atoms with Crippen LogP contribution in [0.2, 0.25) is 0 Å². The number of carbonyl (C=O) groups excluding carboxylic acids is 1. The Labute approximate surface area is 206 Å². The van der Waals surface area contributed by atoms with Crippen molar-refractivity contribution in [1.82, 2.24) is 10.6 Å². The Hall–Kier alpha value is -2.45. The molecule has 6 nitrogen and oxygen atoms in total. The summed E-state index contributed by atoms with van der Waals surface area (Å²) in [6, 6.07) is 18.1. The van der Waals surface area contributed by atoms with Crippen LogP contribution < -0.4 is 25.4 Å². The lowest BCUT2D eigenvalue weighted by Crippen LogP contribution is -2.56. The number of anilines is 1. The van der Waals surface area contributed by atoms with Crippen molar-refractivity contribution in [3.63, 3.8) is 0 Å². The van der Waals surface area contributed by atoms with Crippen molar-refractivity contribution in [3.8, 4) is 11.5 Å². The average molecular weight is 513 g/mol. The molecule has 10 heteroatoms. The minimum Gasteiger partial charge on any atom is -0.497 e. The van der Waals surface area contributed by atoms with E-state index in [2.05, 4.69) is 16.0 Å². The Kier molecular flexibility index (Phi) is 7.90. The highest BCUT2D eigenvalue weighted by atomic mass is 35.6. The standard InChI is InChI=1S/C22H20Cl3N3O3S/c1-30-14-10-11-18(31-2)17(12-14)26-21(32)28-20(22(23,24)25)27-19(29)16-9-5-7-13-6-3-4-8-15(13)16/h3-12,20H,1-2H3,(H,27,29)(H2,26,28,32). The molecular weight excluding hydrogens is 493 g/mol. The third-order valence-corrected chi connectivity index (χ3v) is 5.44. The van der Waals surface area contributed by atoms with Crippen LogP contribution >= 0.6 is 47.0 Å². The third kappa shape index (κ3) is 5.86. The Morgan fingerprint density at radius 3 is 2.38 bits per heavy atom. The molecule has 0 aliphatic carbocycles. The van der Waals surface area contributed by atoms with Gasteiger partial charge in [0.2, 0.25) is 3.79 Å². The zero-order valence-corrected chi connectivity index (χ0v) is 20.2. The Bertz CT molecular complexity index is 1130. The second-order valence-electron chi connectivity index (χ2n) is 6.64. The van der Waals surface area contributed by atoms with Gasteiger partial charge < -0.3 is 25.4 Å². The quantitative estimate of drug-likeness (QED) is 0.237. The molecule has 1 atom stereocenters. The lowest BCUT2D eigenvalue weighted by atomic mass is 10.0. The van der Waals surface area contributed by atoms with E-state index in [4.69, 9.17) is 56.5 Å². The highest BCUT2D eigenvalue weighted by molar-refractivity contribution is 7.80. The molecule has 3 N–H and O–H groups in total. The highest BCUT2D eigenvalue weighted by Crippen LogP contribution is 2.31. The fourth-order valence-corrected chi connectivity index (χ4v) is 3.59. The van der Waals surface area contributed by atoms with Crippen molar-refractivity contribution in [2.24, 2.45) is 0 Å². The van der Waals surface area contributed by atoms with Crippen molar-refractivity contribution >= 4 is 74.5 Å². The maximum atomic E-state index is 13.0. The molecule has 0 spiro atoms. The van der Waals surface area contributed by atoms with Gasteiger partial charge in [-0.2, -0.15) is 0 Å². The van der Waals surface area contributed by atoms with Gasteiger partial charge in [0.1, 0.15) is 17.7 Å². The van der Waals surface area contributed by atoms with E-state index in [1.807, 2.05) is 30.3 Å². The summed E-state index contributed by atoms with van der Waals surface area (Å²) in [5.41, 5.74) is 0.977. The number of alkyl halides is 3. The minimum atomic E-state index is -1.90. The molecule has 0 aliphatic rings. The van der Waals surface area contributed by atoms with E-state index in [0.29, 0.717) is 22.7 Å². The first-order valence-corrected chi connectivity index (χ1v) is 10.9. The van der Waals surface area contributed by atoms with Gasteiger partial charge in [0, 0.05) is 11.6 Å². The van der Waals surface area contributed by atoms with Crippen LogP contribution in [0.3, 0.4) is 0 Å². The monoisotopic (exact) mass is 511 g/mol. The van der Waals surface area contributed by atoms with Gasteiger partial charge in [-0.1, -0.05) is 71.2 Å². The molecule has 0 fully saturated rings. The molecule has 32 heavy (non-hydrogen) atoms. The maximum absolute atomic E-state index is 13.0. The Balaban J connectivity index is 1.79. The molecule has 1 amide bonds. The van der Waals surface area contributed by atoms with Crippen molar-refractivity contribution in [2.75, 3.05) is 19.5 Å². The van der Waals surface area contributed by atoms with Crippen molar-refractivity contribution in [2.45, 2.75) is 9.96 Å². The number of thiocarbonyl (C=S) groups is 1. The van der Waals surface area contributed by atoms with Crippen LogP contribution in [0.5, 0.6) is 11.5 Å². The SMILES string of the molecule is COc1ccc(OC)c(NC(=S)NC(NC(=O)c2cccc3ccccc23)C(Cl)(Cl)Cl)c1. The molecule has 3 rings (SSSR count). The number of hydrogen-bond donors (Lipinski definition) is 3. The van der Waals surface area contributed by atoms with Gasteiger partial charge in [-0.15, -0.1) is 0 Å². The van der Waals surface area contributed by atoms with Crippen LogP contribution in [0, 0.1) is 0 Å². The molecule has 3 aromatic carbocycles. The van der Waals surface area contributed by atoms with Crippen LogP contribution in [-0.4, -0.2) is 35.2 Å². The van der Waals surface area contributed by atoms with Gasteiger partial charge in [0.05, 0.1) is 19.9 Å². The first-order valence-electron chi connectivity index (χ1n) is 9.38. The minimum absolute atomic E-state index is 0.103. The molecule has 0 aromatic heterocycles. The molecule has 0 saturated carbocycles. The summed E-state index contributed by atoms with van der Waals surface area (Å²) in [6.45, 7) is 0. The van der Waals surface area contributed by atoms with E-state index in [-0.39, 0.29) is 5.11 Å². The largest absolute Gasteiger partial charge is 0.497 e. The average Bonchev–Trinajstić information content (AvgIpc) is 2.77. The zero-order valence-electron chi connectivity index (χ0n) is 17.1. The Morgan fingerprint density at radius 2 is 1.69 bits per heavy atom. The van der Waals surface area contributed by atoms with Crippen LogP contribution in [0.25, 0.3) is 10.8 Å². The van der Waals surface area contributed by atoms with Gasteiger partial charge in [0.15, 0.2) is 5.11 Å². The summed E-state index contributed by atoms with van der Waals surface area (Å²) in [5, 5.41) is 10.3. The van der Waals surface area contributed by atoms with E-state index < -0.39 is 15.9 Å². The van der Waals surface area contributed by atoms with Gasteiger partial charge >= 0.3 is 0 Å². The topological polar surface area (TPSA) is 71.6 Å². The van der Waals surface area contributed by atoms with Crippen LogP contribution in [-0.2, 0) is 0 Å². The summed E-state index contributed by atoms with van der Waals surface area (Å²) in [5.74, 6) is 0.700. The summed E-state index contributed by atoms with van der Waals surface area (Å²) < 4.78 is 8.66. The number of halogens is 3. The second-order valence-corrected chi connectivity index (χ2v) is 9.42. The summed E-state index contributed by atoms with van der Waals surface area (Å²) >= 11 is 23.7. The molecule has 0 heterocycles. The summed E-state index contributed by atoms with van der Waals surface area (Å²) in [7, 11) is 3.07.